The molecule has 6 heteroatoms. The first-order chi connectivity index (χ1) is 11.2. The number of thiazole rings is 1. The van der Waals surface area contributed by atoms with E-state index in [1.807, 2.05) is 23.7 Å². The lowest BCUT2D eigenvalue weighted by atomic mass is 10.0. The van der Waals surface area contributed by atoms with Gasteiger partial charge in [-0.05, 0) is 30.5 Å². The molecular formula is C17H22N4OS. The molecule has 0 saturated carbocycles. The summed E-state index contributed by atoms with van der Waals surface area (Å²) in [6, 6.07) is 8.65. The second-order valence-corrected chi connectivity index (χ2v) is 6.64. The first-order valence-electron chi connectivity index (χ1n) is 7.95. The van der Waals surface area contributed by atoms with Gasteiger partial charge in [-0.1, -0.05) is 12.1 Å². The van der Waals surface area contributed by atoms with E-state index in [0.29, 0.717) is 12.5 Å². The number of rotatable bonds is 5. The Kier molecular flexibility index (Phi) is 5.12. The van der Waals surface area contributed by atoms with Crippen molar-refractivity contribution in [2.75, 3.05) is 30.4 Å². The third-order valence-electron chi connectivity index (χ3n) is 4.15. The molecule has 0 spiro atoms. The van der Waals surface area contributed by atoms with Crippen LogP contribution in [0.3, 0.4) is 0 Å². The summed E-state index contributed by atoms with van der Waals surface area (Å²) >= 11 is 1.70. The standard InChI is InChI=1S/C17H22N4OS/c1-18-16(22)12-13-2-4-14(5-3-13)20-15-6-9-21(10-7-15)17-19-8-11-23-17/h2-5,8,11,15,20H,6-7,9-10,12H2,1H3,(H,18,22). The van der Waals surface area contributed by atoms with Gasteiger partial charge in [0.15, 0.2) is 5.13 Å². The van der Waals surface area contributed by atoms with Gasteiger partial charge in [-0.3, -0.25) is 4.79 Å². The van der Waals surface area contributed by atoms with Crippen LogP contribution in [0.4, 0.5) is 10.8 Å². The summed E-state index contributed by atoms with van der Waals surface area (Å²) in [7, 11) is 1.66. The molecule has 0 atom stereocenters. The highest BCUT2D eigenvalue weighted by Crippen LogP contribution is 2.23. The second-order valence-electron chi connectivity index (χ2n) is 5.77. The van der Waals surface area contributed by atoms with Crippen LogP contribution < -0.4 is 15.5 Å². The number of carbonyl (C=O) groups excluding carboxylic acids is 1. The van der Waals surface area contributed by atoms with Crippen molar-refractivity contribution in [2.45, 2.75) is 25.3 Å². The lowest BCUT2D eigenvalue weighted by Crippen LogP contribution is -2.39. The Hall–Kier alpha value is -2.08. The maximum Gasteiger partial charge on any atom is 0.224 e. The molecule has 0 aliphatic carbocycles. The molecule has 2 heterocycles. The van der Waals surface area contributed by atoms with Crippen molar-refractivity contribution in [3.8, 4) is 0 Å². The first-order valence-corrected chi connectivity index (χ1v) is 8.83. The summed E-state index contributed by atoms with van der Waals surface area (Å²) in [5, 5.41) is 9.40. The Morgan fingerprint density at radius 1 is 1.30 bits per heavy atom. The second kappa shape index (κ2) is 7.46. The third-order valence-corrected chi connectivity index (χ3v) is 4.99. The number of benzene rings is 1. The summed E-state index contributed by atoms with van der Waals surface area (Å²) in [5.74, 6) is 0.0419. The maximum atomic E-state index is 11.4. The lowest BCUT2D eigenvalue weighted by Gasteiger charge is -2.32. The van der Waals surface area contributed by atoms with Gasteiger partial charge in [0.25, 0.3) is 0 Å². The van der Waals surface area contributed by atoms with E-state index in [9.17, 15) is 4.79 Å². The minimum absolute atomic E-state index is 0.0419. The molecule has 0 bridgehead atoms. The van der Waals surface area contributed by atoms with Crippen LogP contribution in [0.1, 0.15) is 18.4 Å². The van der Waals surface area contributed by atoms with Gasteiger partial charge in [-0.2, -0.15) is 0 Å². The largest absolute Gasteiger partial charge is 0.382 e. The number of hydrogen-bond donors (Lipinski definition) is 2. The quantitative estimate of drug-likeness (QED) is 0.884. The van der Waals surface area contributed by atoms with Crippen molar-refractivity contribution in [2.24, 2.45) is 0 Å². The molecule has 1 saturated heterocycles. The van der Waals surface area contributed by atoms with E-state index >= 15 is 0 Å². The van der Waals surface area contributed by atoms with E-state index in [2.05, 4.69) is 32.7 Å². The van der Waals surface area contributed by atoms with E-state index in [1.165, 1.54) is 0 Å². The van der Waals surface area contributed by atoms with E-state index in [1.54, 1.807) is 18.4 Å². The van der Waals surface area contributed by atoms with Crippen LogP contribution >= 0.6 is 11.3 Å². The summed E-state index contributed by atoms with van der Waals surface area (Å²) in [5.41, 5.74) is 2.16. The number of nitrogens with zero attached hydrogens (tertiary/aromatic N) is 2. The van der Waals surface area contributed by atoms with Crippen molar-refractivity contribution in [3.05, 3.63) is 41.4 Å². The van der Waals surface area contributed by atoms with Crippen LogP contribution in [0.25, 0.3) is 0 Å². The lowest BCUT2D eigenvalue weighted by molar-refractivity contribution is -0.119. The molecule has 2 N–H and O–H groups in total. The molecular weight excluding hydrogens is 308 g/mol. The molecule has 1 aromatic heterocycles. The van der Waals surface area contributed by atoms with Crippen molar-refractivity contribution in [1.29, 1.82) is 0 Å². The fourth-order valence-electron chi connectivity index (χ4n) is 2.82. The molecule has 2 aromatic rings. The van der Waals surface area contributed by atoms with Gasteiger partial charge in [0.05, 0.1) is 6.42 Å². The van der Waals surface area contributed by atoms with Gasteiger partial charge in [-0.15, -0.1) is 11.3 Å². The number of carbonyl (C=O) groups is 1. The van der Waals surface area contributed by atoms with E-state index < -0.39 is 0 Å². The molecule has 1 aliphatic rings. The fourth-order valence-corrected chi connectivity index (χ4v) is 3.51. The monoisotopic (exact) mass is 330 g/mol. The van der Waals surface area contributed by atoms with Crippen LogP contribution in [-0.2, 0) is 11.2 Å². The molecule has 0 radical (unpaired) electrons. The summed E-state index contributed by atoms with van der Waals surface area (Å²) in [6.07, 6.45) is 4.52. The average molecular weight is 330 g/mol. The number of hydrogen-bond acceptors (Lipinski definition) is 5. The Morgan fingerprint density at radius 3 is 2.65 bits per heavy atom. The zero-order chi connectivity index (χ0) is 16.1. The minimum atomic E-state index is 0.0419. The molecule has 1 fully saturated rings. The number of likely N-dealkylation sites (N-methyl/N-ethyl adjacent to an activating group) is 1. The van der Waals surface area contributed by atoms with Gasteiger partial charge < -0.3 is 15.5 Å². The molecule has 23 heavy (non-hydrogen) atoms. The van der Waals surface area contributed by atoms with Crippen LogP contribution in [0.2, 0.25) is 0 Å². The van der Waals surface area contributed by atoms with Crippen LogP contribution in [0.5, 0.6) is 0 Å². The number of amides is 1. The molecule has 1 aliphatic heterocycles. The van der Waals surface area contributed by atoms with Crippen molar-refractivity contribution >= 4 is 28.1 Å². The molecule has 3 rings (SSSR count). The minimum Gasteiger partial charge on any atom is -0.382 e. The van der Waals surface area contributed by atoms with Crippen molar-refractivity contribution in [1.82, 2.24) is 10.3 Å². The predicted molar refractivity (Wildman–Crippen MR) is 95.2 cm³/mol. The summed E-state index contributed by atoms with van der Waals surface area (Å²) in [6.45, 7) is 2.08. The summed E-state index contributed by atoms with van der Waals surface area (Å²) < 4.78 is 0. The highest BCUT2D eigenvalue weighted by atomic mass is 32.1. The van der Waals surface area contributed by atoms with Gasteiger partial charge in [-0.25, -0.2) is 4.98 Å². The van der Waals surface area contributed by atoms with Gasteiger partial charge in [0.1, 0.15) is 0 Å². The van der Waals surface area contributed by atoms with E-state index in [0.717, 1.165) is 42.3 Å². The van der Waals surface area contributed by atoms with E-state index in [4.69, 9.17) is 0 Å². The molecule has 0 unspecified atom stereocenters. The molecule has 122 valence electrons. The molecule has 1 aromatic carbocycles. The Morgan fingerprint density at radius 2 is 2.04 bits per heavy atom. The third kappa shape index (κ3) is 4.22. The highest BCUT2D eigenvalue weighted by Gasteiger charge is 2.20. The number of piperidine rings is 1. The predicted octanol–water partition coefficient (Wildman–Crippen LogP) is 2.51. The highest BCUT2D eigenvalue weighted by molar-refractivity contribution is 7.13. The first kappa shape index (κ1) is 15.8. The normalized spacial score (nSPS) is 15.4. The number of anilines is 2. The van der Waals surface area contributed by atoms with Gasteiger partial charge in [0.2, 0.25) is 5.91 Å². The Bertz CT molecular complexity index is 619. The molecule has 1 amide bonds. The SMILES string of the molecule is CNC(=O)Cc1ccc(NC2CCN(c3nccs3)CC2)cc1. The summed E-state index contributed by atoms with van der Waals surface area (Å²) in [4.78, 5) is 18.1. The maximum absolute atomic E-state index is 11.4. The topological polar surface area (TPSA) is 57.3 Å². The Labute approximate surface area is 140 Å². The fraction of sp³-hybridized carbons (Fsp3) is 0.412. The van der Waals surface area contributed by atoms with Crippen molar-refractivity contribution in [3.63, 3.8) is 0 Å². The van der Waals surface area contributed by atoms with Gasteiger partial charge in [0, 0.05) is 43.4 Å². The average Bonchev–Trinajstić information content (AvgIpc) is 3.12. The number of nitrogens with one attached hydrogen (secondary N) is 2. The molecule has 5 nitrogen and oxygen atoms in total. The zero-order valence-corrected chi connectivity index (χ0v) is 14.1. The Balaban J connectivity index is 1.49. The van der Waals surface area contributed by atoms with Crippen LogP contribution in [-0.4, -0.2) is 37.1 Å². The van der Waals surface area contributed by atoms with Crippen LogP contribution in [0.15, 0.2) is 35.8 Å². The zero-order valence-electron chi connectivity index (χ0n) is 13.3. The van der Waals surface area contributed by atoms with E-state index in [-0.39, 0.29) is 5.91 Å². The number of aromatic nitrogens is 1. The smallest absolute Gasteiger partial charge is 0.224 e. The van der Waals surface area contributed by atoms with Gasteiger partial charge >= 0.3 is 0 Å². The van der Waals surface area contributed by atoms with Crippen LogP contribution in [0, 0.1) is 0 Å². The van der Waals surface area contributed by atoms with Crippen molar-refractivity contribution < 1.29 is 4.79 Å².